The Labute approximate surface area is 142 Å². The lowest BCUT2D eigenvalue weighted by atomic mass is 9.86. The topological polar surface area (TPSA) is 65.5 Å². The Balaban J connectivity index is 1.58. The van der Waals surface area contributed by atoms with E-state index in [1.165, 1.54) is 12.8 Å². The van der Waals surface area contributed by atoms with Gasteiger partial charge in [0.15, 0.2) is 0 Å². The highest BCUT2D eigenvalue weighted by molar-refractivity contribution is 7.09. The van der Waals surface area contributed by atoms with E-state index in [0.717, 1.165) is 36.4 Å². The van der Waals surface area contributed by atoms with Gasteiger partial charge in [-0.05, 0) is 57.3 Å². The Kier molecular flexibility index (Phi) is 5.21. The first-order chi connectivity index (χ1) is 11.1. The number of amides is 2. The average Bonchev–Trinajstić information content (AvgIpc) is 3.32. The lowest BCUT2D eigenvalue weighted by Gasteiger charge is -2.35. The standard InChI is InChI=1S/C17H27N3O2S/c1-11-10-23-16(18-11)15(13-5-6-13)19-17(22)20(2)14-7-3-12(9-21)4-8-14/h10,12-15,21H,3-9H2,1-2H3,(H,19,22). The fraction of sp³-hybridized carbons (Fsp3) is 0.765. The van der Waals surface area contributed by atoms with E-state index in [1.807, 2.05) is 18.9 Å². The van der Waals surface area contributed by atoms with Gasteiger partial charge in [-0.2, -0.15) is 0 Å². The lowest BCUT2D eigenvalue weighted by Crippen LogP contribution is -2.46. The second-order valence-corrected chi connectivity index (χ2v) is 7.95. The maximum atomic E-state index is 12.7. The zero-order valence-electron chi connectivity index (χ0n) is 14.0. The van der Waals surface area contributed by atoms with E-state index >= 15 is 0 Å². The summed E-state index contributed by atoms with van der Waals surface area (Å²) in [5.74, 6) is 0.961. The molecule has 1 aromatic heterocycles. The number of aryl methyl sites for hydroxylation is 1. The van der Waals surface area contributed by atoms with Crippen LogP contribution in [0.2, 0.25) is 0 Å². The van der Waals surface area contributed by atoms with Gasteiger partial charge in [0, 0.05) is 30.8 Å². The summed E-state index contributed by atoms with van der Waals surface area (Å²) in [6, 6.07) is 0.371. The van der Waals surface area contributed by atoms with Gasteiger partial charge < -0.3 is 15.3 Å². The minimum absolute atomic E-state index is 0.0159. The summed E-state index contributed by atoms with van der Waals surface area (Å²) in [6.07, 6.45) is 6.34. The maximum absolute atomic E-state index is 12.7. The summed E-state index contributed by atoms with van der Waals surface area (Å²) in [7, 11) is 1.90. The molecule has 1 aromatic rings. The quantitative estimate of drug-likeness (QED) is 0.868. The highest BCUT2D eigenvalue weighted by Gasteiger charge is 2.36. The van der Waals surface area contributed by atoms with E-state index < -0.39 is 0 Å². The zero-order chi connectivity index (χ0) is 16.4. The first-order valence-corrected chi connectivity index (χ1v) is 9.52. The van der Waals surface area contributed by atoms with Crippen LogP contribution < -0.4 is 5.32 Å². The van der Waals surface area contributed by atoms with Crippen LogP contribution in [0.5, 0.6) is 0 Å². The minimum atomic E-state index is 0.0159. The van der Waals surface area contributed by atoms with Crippen molar-refractivity contribution in [3.8, 4) is 0 Å². The number of hydrogen-bond donors (Lipinski definition) is 2. The van der Waals surface area contributed by atoms with Crippen LogP contribution >= 0.6 is 11.3 Å². The van der Waals surface area contributed by atoms with E-state index in [2.05, 4.69) is 15.7 Å². The molecule has 0 aliphatic heterocycles. The highest BCUT2D eigenvalue weighted by atomic mass is 32.1. The van der Waals surface area contributed by atoms with Gasteiger partial charge in [0.1, 0.15) is 5.01 Å². The third kappa shape index (κ3) is 4.04. The molecular formula is C17H27N3O2S. The number of rotatable bonds is 5. The number of urea groups is 1. The second-order valence-electron chi connectivity index (χ2n) is 7.06. The van der Waals surface area contributed by atoms with E-state index in [0.29, 0.717) is 11.8 Å². The molecule has 5 nitrogen and oxygen atoms in total. The van der Waals surface area contributed by atoms with Gasteiger partial charge in [-0.15, -0.1) is 11.3 Å². The molecule has 2 amide bonds. The van der Waals surface area contributed by atoms with Gasteiger partial charge in [0.05, 0.1) is 6.04 Å². The molecule has 23 heavy (non-hydrogen) atoms. The summed E-state index contributed by atoms with van der Waals surface area (Å²) in [5.41, 5.74) is 1.03. The molecule has 0 bridgehead atoms. The van der Waals surface area contributed by atoms with Crippen LogP contribution in [0, 0.1) is 18.8 Å². The first kappa shape index (κ1) is 16.7. The molecule has 2 fully saturated rings. The van der Waals surface area contributed by atoms with E-state index in [-0.39, 0.29) is 24.7 Å². The first-order valence-electron chi connectivity index (χ1n) is 8.64. The minimum Gasteiger partial charge on any atom is -0.396 e. The van der Waals surface area contributed by atoms with E-state index in [1.54, 1.807) is 11.3 Å². The number of thiazole rings is 1. The third-order valence-electron chi connectivity index (χ3n) is 5.22. The van der Waals surface area contributed by atoms with E-state index in [4.69, 9.17) is 0 Å². The van der Waals surface area contributed by atoms with Crippen molar-refractivity contribution in [1.82, 2.24) is 15.2 Å². The molecule has 2 aliphatic carbocycles. The number of aliphatic hydroxyl groups is 1. The molecule has 0 spiro atoms. The molecule has 128 valence electrons. The molecule has 1 heterocycles. The fourth-order valence-electron chi connectivity index (χ4n) is 3.44. The Bertz CT molecular complexity index is 536. The second kappa shape index (κ2) is 7.18. The van der Waals surface area contributed by atoms with Gasteiger partial charge in [-0.3, -0.25) is 0 Å². The predicted molar refractivity (Wildman–Crippen MR) is 91.4 cm³/mol. The van der Waals surface area contributed by atoms with Crippen molar-refractivity contribution in [3.63, 3.8) is 0 Å². The molecule has 6 heteroatoms. The summed E-state index contributed by atoms with van der Waals surface area (Å²) in [4.78, 5) is 19.1. The van der Waals surface area contributed by atoms with Crippen LogP contribution in [0.1, 0.15) is 55.3 Å². The molecule has 0 radical (unpaired) electrons. The fourth-order valence-corrected chi connectivity index (χ4v) is 4.38. The summed E-state index contributed by atoms with van der Waals surface area (Å²) in [5, 5.41) is 15.5. The van der Waals surface area contributed by atoms with Crippen LogP contribution in [0.4, 0.5) is 4.79 Å². The number of nitrogens with zero attached hydrogens (tertiary/aromatic N) is 2. The molecule has 2 aliphatic rings. The average molecular weight is 337 g/mol. The maximum Gasteiger partial charge on any atom is 0.317 e. The van der Waals surface area contributed by atoms with Crippen LogP contribution in [0.15, 0.2) is 5.38 Å². The van der Waals surface area contributed by atoms with Crippen molar-refractivity contribution in [3.05, 3.63) is 16.1 Å². The van der Waals surface area contributed by atoms with Gasteiger partial charge in [-0.1, -0.05) is 0 Å². The lowest BCUT2D eigenvalue weighted by molar-refractivity contribution is 0.132. The van der Waals surface area contributed by atoms with E-state index in [9.17, 15) is 9.90 Å². The number of hydrogen-bond acceptors (Lipinski definition) is 4. The third-order valence-corrected chi connectivity index (χ3v) is 6.26. The molecule has 2 saturated carbocycles. The van der Waals surface area contributed by atoms with Crippen molar-refractivity contribution in [2.75, 3.05) is 13.7 Å². The van der Waals surface area contributed by atoms with Gasteiger partial charge in [0.25, 0.3) is 0 Å². The predicted octanol–water partition coefficient (Wildman–Crippen LogP) is 3.10. The number of aromatic nitrogens is 1. The Hall–Kier alpha value is -1.14. The number of nitrogens with one attached hydrogen (secondary N) is 1. The summed E-state index contributed by atoms with van der Waals surface area (Å²) >= 11 is 1.65. The normalized spacial score (nSPS) is 25.9. The molecule has 0 saturated heterocycles. The number of carbonyl (C=O) groups excluding carboxylic acids is 1. The van der Waals surface area contributed by atoms with Crippen LogP contribution in [-0.4, -0.2) is 40.7 Å². The molecule has 3 rings (SSSR count). The van der Waals surface area contributed by atoms with Crippen molar-refractivity contribution in [1.29, 1.82) is 0 Å². The summed E-state index contributed by atoms with van der Waals surface area (Å²) < 4.78 is 0. The smallest absolute Gasteiger partial charge is 0.317 e. The van der Waals surface area contributed by atoms with Gasteiger partial charge >= 0.3 is 6.03 Å². The van der Waals surface area contributed by atoms with Crippen molar-refractivity contribution < 1.29 is 9.90 Å². The Morgan fingerprint density at radius 3 is 2.61 bits per heavy atom. The van der Waals surface area contributed by atoms with Crippen molar-refractivity contribution in [2.45, 2.75) is 57.5 Å². The zero-order valence-corrected chi connectivity index (χ0v) is 14.8. The monoisotopic (exact) mass is 337 g/mol. The molecule has 1 unspecified atom stereocenters. The van der Waals surface area contributed by atoms with Gasteiger partial charge in [0.2, 0.25) is 0 Å². The van der Waals surface area contributed by atoms with Crippen LogP contribution in [-0.2, 0) is 0 Å². The Morgan fingerprint density at radius 2 is 2.09 bits per heavy atom. The molecular weight excluding hydrogens is 310 g/mol. The van der Waals surface area contributed by atoms with Crippen LogP contribution in [0.25, 0.3) is 0 Å². The molecule has 1 atom stereocenters. The summed E-state index contributed by atoms with van der Waals surface area (Å²) in [6.45, 7) is 2.27. The van der Waals surface area contributed by atoms with Crippen LogP contribution in [0.3, 0.4) is 0 Å². The highest BCUT2D eigenvalue weighted by Crippen LogP contribution is 2.42. The van der Waals surface area contributed by atoms with Gasteiger partial charge in [-0.25, -0.2) is 9.78 Å². The van der Waals surface area contributed by atoms with Crippen molar-refractivity contribution >= 4 is 17.4 Å². The largest absolute Gasteiger partial charge is 0.396 e. The number of aliphatic hydroxyl groups excluding tert-OH is 1. The Morgan fingerprint density at radius 1 is 1.39 bits per heavy atom. The SMILES string of the molecule is Cc1csc(C(NC(=O)N(C)C2CCC(CO)CC2)C2CC2)n1. The molecule has 0 aromatic carbocycles. The number of carbonyl (C=O) groups is 1. The van der Waals surface area contributed by atoms with Crippen molar-refractivity contribution in [2.24, 2.45) is 11.8 Å². The molecule has 2 N–H and O–H groups in total.